The van der Waals surface area contributed by atoms with Crippen molar-refractivity contribution in [3.63, 3.8) is 0 Å². The van der Waals surface area contributed by atoms with Gasteiger partial charge in [-0.3, -0.25) is 9.69 Å². The highest BCUT2D eigenvalue weighted by Gasteiger charge is 2.28. The van der Waals surface area contributed by atoms with Crippen LogP contribution in [0, 0.1) is 0 Å². The summed E-state index contributed by atoms with van der Waals surface area (Å²) in [5.74, 6) is 0.228. The van der Waals surface area contributed by atoms with Crippen molar-refractivity contribution in [2.75, 3.05) is 18.0 Å². The third kappa shape index (κ3) is 6.43. The molecule has 1 fully saturated rings. The van der Waals surface area contributed by atoms with Crippen LogP contribution in [0.3, 0.4) is 0 Å². The Bertz CT molecular complexity index is 910. The van der Waals surface area contributed by atoms with E-state index in [-0.39, 0.29) is 24.4 Å². The molecule has 1 aliphatic rings. The first kappa shape index (κ1) is 23.1. The predicted octanol–water partition coefficient (Wildman–Crippen LogP) is 5.74. The summed E-state index contributed by atoms with van der Waals surface area (Å²) in [6.45, 7) is 3.03. The van der Waals surface area contributed by atoms with Crippen LogP contribution in [0.25, 0.3) is 0 Å². The number of nitrogens with zero attached hydrogens (tertiary/aromatic N) is 2. The van der Waals surface area contributed by atoms with Crippen molar-refractivity contribution in [1.29, 1.82) is 0 Å². The molecule has 3 nitrogen and oxygen atoms in total. The Kier molecular flexibility index (Phi) is 8.69. The average Bonchev–Trinajstić information content (AvgIpc) is 2.81. The number of para-hydroxylation sites is 1. The number of carbonyl (C=O) groups excluding carboxylic acids is 1. The largest absolute Gasteiger partial charge is 0.309 e. The van der Waals surface area contributed by atoms with Gasteiger partial charge < -0.3 is 4.90 Å². The molecule has 3 aromatic carbocycles. The highest BCUT2D eigenvalue weighted by molar-refractivity contribution is 5.94. The fraction of sp³-hybridized carbons (Fsp3) is 0.296. The molecule has 0 radical (unpaired) electrons. The number of hydrogen-bond donors (Lipinski definition) is 0. The van der Waals surface area contributed by atoms with Crippen molar-refractivity contribution in [1.82, 2.24) is 4.90 Å². The molecule has 0 aromatic heterocycles. The highest BCUT2D eigenvalue weighted by atomic mass is 35.5. The minimum atomic E-state index is 0. The topological polar surface area (TPSA) is 23.6 Å². The van der Waals surface area contributed by atoms with E-state index in [1.807, 2.05) is 36.4 Å². The molecular formula is C27H31ClN2O. The number of anilines is 1. The van der Waals surface area contributed by atoms with Crippen LogP contribution in [0.2, 0.25) is 0 Å². The van der Waals surface area contributed by atoms with E-state index in [0.717, 1.165) is 44.6 Å². The maximum Gasteiger partial charge on any atom is 0.227 e. The van der Waals surface area contributed by atoms with Crippen LogP contribution in [0.4, 0.5) is 5.69 Å². The molecule has 0 unspecified atom stereocenters. The van der Waals surface area contributed by atoms with Crippen molar-refractivity contribution in [2.45, 2.75) is 38.3 Å². The smallest absolute Gasteiger partial charge is 0.227 e. The van der Waals surface area contributed by atoms with E-state index >= 15 is 0 Å². The second-order valence-electron chi connectivity index (χ2n) is 8.08. The molecule has 31 heavy (non-hydrogen) atoms. The van der Waals surface area contributed by atoms with E-state index in [1.54, 1.807) is 0 Å². The third-order valence-corrected chi connectivity index (χ3v) is 5.94. The molecule has 3 aromatic rings. The first-order valence-electron chi connectivity index (χ1n) is 11.0. The number of piperidine rings is 1. The lowest BCUT2D eigenvalue weighted by atomic mass is 10.00. The van der Waals surface area contributed by atoms with Gasteiger partial charge >= 0.3 is 0 Å². The zero-order valence-electron chi connectivity index (χ0n) is 17.9. The SMILES string of the molecule is Cl.O=C(CCc1ccccc1)N(c1ccccc1)C1CCN(Cc2ccccc2)CC1. The highest BCUT2D eigenvalue weighted by Crippen LogP contribution is 2.25. The Labute approximate surface area is 192 Å². The average molecular weight is 435 g/mol. The van der Waals surface area contributed by atoms with Crippen molar-refractivity contribution in [3.05, 3.63) is 102 Å². The van der Waals surface area contributed by atoms with Gasteiger partial charge in [-0.05, 0) is 42.5 Å². The molecule has 0 N–H and O–H groups in total. The van der Waals surface area contributed by atoms with Crippen LogP contribution in [-0.2, 0) is 17.8 Å². The molecule has 1 amide bonds. The Morgan fingerprint density at radius 1 is 0.774 bits per heavy atom. The summed E-state index contributed by atoms with van der Waals surface area (Å²) < 4.78 is 0. The minimum absolute atomic E-state index is 0. The van der Waals surface area contributed by atoms with E-state index in [4.69, 9.17) is 0 Å². The summed E-state index contributed by atoms with van der Waals surface area (Å²) in [5.41, 5.74) is 3.60. The van der Waals surface area contributed by atoms with Gasteiger partial charge in [-0.2, -0.15) is 0 Å². The molecule has 0 bridgehead atoms. The zero-order chi connectivity index (χ0) is 20.6. The van der Waals surface area contributed by atoms with Gasteiger partial charge in [-0.15, -0.1) is 12.4 Å². The monoisotopic (exact) mass is 434 g/mol. The molecule has 0 spiro atoms. The van der Waals surface area contributed by atoms with Crippen molar-refractivity contribution in [2.24, 2.45) is 0 Å². The van der Waals surface area contributed by atoms with Crippen LogP contribution in [0.15, 0.2) is 91.0 Å². The Hall–Kier alpha value is -2.62. The van der Waals surface area contributed by atoms with E-state index in [9.17, 15) is 4.79 Å². The second kappa shape index (κ2) is 11.7. The molecule has 0 saturated carbocycles. The van der Waals surface area contributed by atoms with Gasteiger partial charge in [0, 0.05) is 37.8 Å². The van der Waals surface area contributed by atoms with Crippen LogP contribution in [0.5, 0.6) is 0 Å². The van der Waals surface area contributed by atoms with Gasteiger partial charge in [0.25, 0.3) is 0 Å². The Morgan fingerprint density at radius 3 is 1.87 bits per heavy atom. The molecule has 4 rings (SSSR count). The summed E-state index contributed by atoms with van der Waals surface area (Å²) in [5, 5.41) is 0. The molecule has 4 heteroatoms. The molecule has 162 valence electrons. The lowest BCUT2D eigenvalue weighted by molar-refractivity contribution is -0.119. The summed E-state index contributed by atoms with van der Waals surface area (Å²) >= 11 is 0. The number of carbonyl (C=O) groups is 1. The summed E-state index contributed by atoms with van der Waals surface area (Å²) in [7, 11) is 0. The molecule has 0 aliphatic carbocycles. The maximum atomic E-state index is 13.3. The van der Waals surface area contributed by atoms with Gasteiger partial charge in [0.05, 0.1) is 0 Å². The fourth-order valence-corrected chi connectivity index (χ4v) is 4.34. The van der Waals surface area contributed by atoms with Gasteiger partial charge in [0.15, 0.2) is 0 Å². The van der Waals surface area contributed by atoms with Crippen LogP contribution < -0.4 is 4.90 Å². The number of likely N-dealkylation sites (tertiary alicyclic amines) is 1. The van der Waals surface area contributed by atoms with E-state index < -0.39 is 0 Å². The van der Waals surface area contributed by atoms with Gasteiger partial charge in [-0.25, -0.2) is 0 Å². The van der Waals surface area contributed by atoms with Crippen LogP contribution >= 0.6 is 12.4 Å². The lowest BCUT2D eigenvalue weighted by Crippen LogP contribution is -2.47. The normalized spacial score (nSPS) is 14.6. The van der Waals surface area contributed by atoms with Crippen molar-refractivity contribution >= 4 is 24.0 Å². The first-order valence-corrected chi connectivity index (χ1v) is 11.0. The molecule has 0 atom stereocenters. The quantitative estimate of drug-likeness (QED) is 0.473. The maximum absolute atomic E-state index is 13.3. The summed E-state index contributed by atoms with van der Waals surface area (Å²) in [4.78, 5) is 17.9. The Balaban J connectivity index is 0.00000272. The number of amides is 1. The number of rotatable bonds is 7. The Morgan fingerprint density at radius 2 is 1.29 bits per heavy atom. The second-order valence-corrected chi connectivity index (χ2v) is 8.08. The van der Waals surface area contributed by atoms with Crippen molar-refractivity contribution in [3.8, 4) is 0 Å². The fourth-order valence-electron chi connectivity index (χ4n) is 4.34. The van der Waals surface area contributed by atoms with Crippen LogP contribution in [0.1, 0.15) is 30.4 Å². The first-order chi connectivity index (χ1) is 14.8. The number of hydrogen-bond acceptors (Lipinski definition) is 2. The van der Waals surface area contributed by atoms with Crippen LogP contribution in [-0.4, -0.2) is 29.9 Å². The van der Waals surface area contributed by atoms with E-state index in [2.05, 4.69) is 64.4 Å². The van der Waals surface area contributed by atoms with Crippen molar-refractivity contribution < 1.29 is 4.79 Å². The summed E-state index contributed by atoms with van der Waals surface area (Å²) in [6, 6.07) is 31.4. The predicted molar refractivity (Wildman–Crippen MR) is 131 cm³/mol. The number of benzene rings is 3. The molecular weight excluding hydrogens is 404 g/mol. The van der Waals surface area contributed by atoms with Gasteiger partial charge in [0.2, 0.25) is 5.91 Å². The van der Waals surface area contributed by atoms with E-state index in [0.29, 0.717) is 6.42 Å². The lowest BCUT2D eigenvalue weighted by Gasteiger charge is -2.38. The number of aryl methyl sites for hydroxylation is 1. The molecule has 1 aliphatic heterocycles. The van der Waals surface area contributed by atoms with E-state index in [1.165, 1.54) is 11.1 Å². The van der Waals surface area contributed by atoms with Gasteiger partial charge in [-0.1, -0.05) is 78.9 Å². The molecule has 1 saturated heterocycles. The molecule has 1 heterocycles. The number of halogens is 1. The third-order valence-electron chi connectivity index (χ3n) is 5.94. The van der Waals surface area contributed by atoms with Gasteiger partial charge in [0.1, 0.15) is 0 Å². The summed E-state index contributed by atoms with van der Waals surface area (Å²) in [6.07, 6.45) is 3.36. The standard InChI is InChI=1S/C27H30N2O.ClH/c30-27(17-16-23-10-4-1-5-11-23)29(25-14-8-3-9-15-25)26-18-20-28(21-19-26)22-24-12-6-2-7-13-24;/h1-15,26H,16-22H2;1H. The zero-order valence-corrected chi connectivity index (χ0v) is 18.7. The minimum Gasteiger partial charge on any atom is -0.309 e.